The predicted molar refractivity (Wildman–Crippen MR) is 104 cm³/mol. The second kappa shape index (κ2) is 8.84. The van der Waals surface area contributed by atoms with Crippen molar-refractivity contribution in [3.05, 3.63) is 60.2 Å². The third kappa shape index (κ3) is 4.87. The van der Waals surface area contributed by atoms with Gasteiger partial charge in [-0.3, -0.25) is 0 Å². The van der Waals surface area contributed by atoms with Crippen LogP contribution in [-0.4, -0.2) is 50.6 Å². The summed E-state index contributed by atoms with van der Waals surface area (Å²) in [6, 6.07) is 16.2. The lowest BCUT2D eigenvalue weighted by Crippen LogP contribution is -2.45. The standard InChI is InChI=1S/C20H26N2O4S/c1-26-18-7-9-19(10-8-18)27(24,25)22-13-11-17(12-14-22)21-15-20(23)16-5-3-2-4-6-16/h2-10,17,20-21,23H,11-15H2,1H3. The molecule has 3 rings (SSSR count). The molecule has 0 saturated carbocycles. The molecule has 1 fully saturated rings. The van der Waals surface area contributed by atoms with Gasteiger partial charge in [0.15, 0.2) is 0 Å². The summed E-state index contributed by atoms with van der Waals surface area (Å²) in [5, 5.41) is 13.6. The lowest BCUT2D eigenvalue weighted by atomic mass is 10.1. The Hall–Kier alpha value is -1.93. The fraction of sp³-hybridized carbons (Fsp3) is 0.400. The average Bonchev–Trinajstić information content (AvgIpc) is 2.73. The van der Waals surface area contributed by atoms with E-state index in [2.05, 4.69) is 5.32 Å². The molecule has 0 spiro atoms. The number of ether oxygens (including phenoxy) is 1. The Morgan fingerprint density at radius 2 is 1.74 bits per heavy atom. The SMILES string of the molecule is COc1ccc(S(=O)(=O)N2CCC(NCC(O)c3ccccc3)CC2)cc1. The van der Waals surface area contributed by atoms with Crippen LogP contribution >= 0.6 is 0 Å². The first-order valence-electron chi connectivity index (χ1n) is 9.11. The number of hydrogen-bond acceptors (Lipinski definition) is 5. The Balaban J connectivity index is 1.52. The van der Waals surface area contributed by atoms with Gasteiger partial charge >= 0.3 is 0 Å². The molecular formula is C20H26N2O4S. The highest BCUT2D eigenvalue weighted by Crippen LogP contribution is 2.23. The smallest absolute Gasteiger partial charge is 0.243 e. The summed E-state index contributed by atoms with van der Waals surface area (Å²) >= 11 is 0. The van der Waals surface area contributed by atoms with E-state index in [9.17, 15) is 13.5 Å². The molecule has 1 aliphatic heterocycles. The van der Waals surface area contributed by atoms with Crippen molar-refractivity contribution in [2.45, 2.75) is 29.9 Å². The van der Waals surface area contributed by atoms with E-state index in [4.69, 9.17) is 4.74 Å². The molecule has 0 bridgehead atoms. The van der Waals surface area contributed by atoms with E-state index in [0.717, 1.165) is 18.4 Å². The monoisotopic (exact) mass is 390 g/mol. The quantitative estimate of drug-likeness (QED) is 0.758. The van der Waals surface area contributed by atoms with Crippen molar-refractivity contribution in [3.63, 3.8) is 0 Å². The van der Waals surface area contributed by atoms with Gasteiger partial charge in [-0.1, -0.05) is 30.3 Å². The van der Waals surface area contributed by atoms with Crippen LogP contribution in [0.1, 0.15) is 24.5 Å². The van der Waals surface area contributed by atoms with Gasteiger partial charge in [-0.05, 0) is 42.7 Å². The first kappa shape index (κ1) is 19.8. The lowest BCUT2D eigenvalue weighted by Gasteiger charge is -2.32. The van der Waals surface area contributed by atoms with Gasteiger partial charge < -0.3 is 15.2 Å². The van der Waals surface area contributed by atoms with Crippen molar-refractivity contribution in [2.75, 3.05) is 26.7 Å². The molecule has 7 heteroatoms. The fourth-order valence-electron chi connectivity index (χ4n) is 3.27. The Bertz CT molecular complexity index is 817. The van der Waals surface area contributed by atoms with Gasteiger partial charge in [-0.25, -0.2) is 8.42 Å². The van der Waals surface area contributed by atoms with Gasteiger partial charge in [0, 0.05) is 25.7 Å². The molecular weight excluding hydrogens is 364 g/mol. The maximum atomic E-state index is 12.8. The zero-order chi connectivity index (χ0) is 19.3. The van der Waals surface area contributed by atoms with E-state index in [-0.39, 0.29) is 10.9 Å². The van der Waals surface area contributed by atoms with Crippen LogP contribution in [-0.2, 0) is 10.0 Å². The van der Waals surface area contributed by atoms with Gasteiger partial charge in [0.1, 0.15) is 5.75 Å². The molecule has 1 aliphatic rings. The van der Waals surface area contributed by atoms with E-state index in [1.165, 1.54) is 4.31 Å². The average molecular weight is 391 g/mol. The van der Waals surface area contributed by atoms with Crippen molar-refractivity contribution in [1.82, 2.24) is 9.62 Å². The maximum Gasteiger partial charge on any atom is 0.243 e. The number of sulfonamides is 1. The normalized spacial score (nSPS) is 17.6. The molecule has 2 aromatic rings. The van der Waals surface area contributed by atoms with Crippen LogP contribution in [0.3, 0.4) is 0 Å². The lowest BCUT2D eigenvalue weighted by molar-refractivity contribution is 0.162. The van der Waals surface area contributed by atoms with E-state index in [1.54, 1.807) is 31.4 Å². The number of hydrogen-bond donors (Lipinski definition) is 2. The van der Waals surface area contributed by atoms with Gasteiger partial charge in [0.2, 0.25) is 10.0 Å². The Kier molecular flexibility index (Phi) is 6.49. The fourth-order valence-corrected chi connectivity index (χ4v) is 4.74. The second-order valence-corrected chi connectivity index (χ2v) is 8.63. The van der Waals surface area contributed by atoms with Crippen molar-refractivity contribution < 1.29 is 18.3 Å². The van der Waals surface area contributed by atoms with Crippen molar-refractivity contribution >= 4 is 10.0 Å². The van der Waals surface area contributed by atoms with E-state index in [0.29, 0.717) is 25.4 Å². The summed E-state index contributed by atoms with van der Waals surface area (Å²) in [6.45, 7) is 1.39. The van der Waals surface area contributed by atoms with Crippen molar-refractivity contribution in [3.8, 4) is 5.75 Å². The van der Waals surface area contributed by atoms with E-state index in [1.807, 2.05) is 30.3 Å². The van der Waals surface area contributed by atoms with Gasteiger partial charge in [-0.2, -0.15) is 4.31 Å². The molecule has 0 aromatic heterocycles. The summed E-state index contributed by atoms with van der Waals surface area (Å²) in [5.74, 6) is 0.633. The molecule has 0 radical (unpaired) electrons. The van der Waals surface area contributed by atoms with Gasteiger partial charge in [-0.15, -0.1) is 0 Å². The topological polar surface area (TPSA) is 78.9 Å². The Morgan fingerprint density at radius 1 is 1.11 bits per heavy atom. The van der Waals surface area contributed by atoms with Crippen molar-refractivity contribution in [1.29, 1.82) is 0 Å². The number of nitrogens with zero attached hydrogens (tertiary/aromatic N) is 1. The van der Waals surface area contributed by atoms with Gasteiger partial charge in [0.05, 0.1) is 18.1 Å². The Morgan fingerprint density at radius 3 is 2.33 bits per heavy atom. The summed E-state index contributed by atoms with van der Waals surface area (Å²) in [6.07, 6.45) is 0.876. The van der Waals surface area contributed by atoms with Crippen LogP contribution in [0, 0.1) is 0 Å². The molecule has 1 saturated heterocycles. The minimum Gasteiger partial charge on any atom is -0.497 e. The summed E-state index contributed by atoms with van der Waals surface area (Å²) in [7, 11) is -1.93. The van der Waals surface area contributed by atoms with Crippen LogP contribution in [0.5, 0.6) is 5.75 Å². The zero-order valence-corrected chi connectivity index (χ0v) is 16.2. The highest BCUT2D eigenvalue weighted by atomic mass is 32.2. The number of methoxy groups -OCH3 is 1. The molecule has 1 heterocycles. The summed E-state index contributed by atoms with van der Waals surface area (Å²) in [5.41, 5.74) is 0.879. The molecule has 0 aliphatic carbocycles. The maximum absolute atomic E-state index is 12.8. The molecule has 2 N–H and O–H groups in total. The summed E-state index contributed by atoms with van der Waals surface area (Å²) < 4.78 is 32.1. The van der Waals surface area contributed by atoms with Crippen LogP contribution < -0.4 is 10.1 Å². The second-order valence-electron chi connectivity index (χ2n) is 6.69. The Labute approximate surface area is 160 Å². The largest absolute Gasteiger partial charge is 0.497 e. The molecule has 2 aromatic carbocycles. The van der Waals surface area contributed by atoms with Crippen LogP contribution in [0.15, 0.2) is 59.5 Å². The molecule has 6 nitrogen and oxygen atoms in total. The molecule has 1 atom stereocenters. The van der Waals surface area contributed by atoms with Crippen LogP contribution in [0.2, 0.25) is 0 Å². The summed E-state index contributed by atoms with van der Waals surface area (Å²) in [4.78, 5) is 0.286. The number of aliphatic hydroxyl groups excluding tert-OH is 1. The first-order chi connectivity index (χ1) is 13.0. The third-order valence-electron chi connectivity index (χ3n) is 4.94. The molecule has 27 heavy (non-hydrogen) atoms. The van der Waals surface area contributed by atoms with Gasteiger partial charge in [0.25, 0.3) is 0 Å². The molecule has 1 unspecified atom stereocenters. The number of benzene rings is 2. The number of rotatable bonds is 7. The zero-order valence-electron chi connectivity index (χ0n) is 15.4. The first-order valence-corrected chi connectivity index (χ1v) is 10.6. The minimum atomic E-state index is -3.48. The number of nitrogens with one attached hydrogen (secondary N) is 1. The predicted octanol–water partition coefficient (Wildman–Crippen LogP) is 2.17. The number of piperidine rings is 1. The minimum absolute atomic E-state index is 0.200. The molecule has 146 valence electrons. The highest BCUT2D eigenvalue weighted by Gasteiger charge is 2.29. The van der Waals surface area contributed by atoms with Crippen LogP contribution in [0.25, 0.3) is 0 Å². The van der Waals surface area contributed by atoms with E-state index < -0.39 is 16.1 Å². The number of aliphatic hydroxyl groups is 1. The third-order valence-corrected chi connectivity index (χ3v) is 6.85. The van der Waals surface area contributed by atoms with E-state index >= 15 is 0 Å². The van der Waals surface area contributed by atoms with Crippen molar-refractivity contribution in [2.24, 2.45) is 0 Å². The molecule has 0 amide bonds. The van der Waals surface area contributed by atoms with Crippen LogP contribution in [0.4, 0.5) is 0 Å². The highest BCUT2D eigenvalue weighted by molar-refractivity contribution is 7.89.